The molecule has 0 bridgehead atoms. The lowest BCUT2D eigenvalue weighted by Gasteiger charge is -2.20. The molecule has 2 rings (SSSR count). The summed E-state index contributed by atoms with van der Waals surface area (Å²) in [4.78, 5) is 0.329. The Bertz CT molecular complexity index is 850. The van der Waals surface area contributed by atoms with E-state index in [-0.39, 0.29) is 6.04 Å². The maximum Gasteiger partial charge on any atom is 0.241 e. The van der Waals surface area contributed by atoms with Crippen molar-refractivity contribution >= 4 is 10.0 Å². The van der Waals surface area contributed by atoms with Crippen LogP contribution in [0.4, 0.5) is 0 Å². The van der Waals surface area contributed by atoms with Gasteiger partial charge in [-0.25, -0.2) is 13.1 Å². The van der Waals surface area contributed by atoms with Crippen molar-refractivity contribution in [2.45, 2.75) is 52.0 Å². The quantitative estimate of drug-likeness (QED) is 0.832. The van der Waals surface area contributed by atoms with Crippen molar-refractivity contribution in [3.63, 3.8) is 0 Å². The number of benzene rings is 2. The molecule has 5 heteroatoms. The molecule has 2 aromatic carbocycles. The SMILES string of the molecule is CCC(NS(=O)(=O)c1c(C)cc(OC)cc1C)c1ccc(C)c(C)c1. The van der Waals surface area contributed by atoms with E-state index in [4.69, 9.17) is 4.74 Å². The van der Waals surface area contributed by atoms with E-state index in [2.05, 4.69) is 10.8 Å². The molecule has 0 fully saturated rings. The number of aryl methyl sites for hydroxylation is 4. The Labute approximate surface area is 151 Å². The van der Waals surface area contributed by atoms with Crippen molar-refractivity contribution in [2.75, 3.05) is 7.11 Å². The molecule has 0 aliphatic rings. The Morgan fingerprint density at radius 1 is 0.960 bits per heavy atom. The average Bonchev–Trinajstić information content (AvgIpc) is 2.54. The van der Waals surface area contributed by atoms with Gasteiger partial charge in [0.2, 0.25) is 10.0 Å². The van der Waals surface area contributed by atoms with Crippen molar-refractivity contribution < 1.29 is 13.2 Å². The van der Waals surface area contributed by atoms with Crippen LogP contribution in [0, 0.1) is 27.7 Å². The first-order chi connectivity index (χ1) is 11.7. The summed E-state index contributed by atoms with van der Waals surface area (Å²) in [6, 6.07) is 9.32. The second-order valence-corrected chi connectivity index (χ2v) is 8.17. The fourth-order valence-corrected chi connectivity index (χ4v) is 4.83. The number of nitrogens with one attached hydrogen (secondary N) is 1. The summed E-state index contributed by atoms with van der Waals surface area (Å²) in [5.74, 6) is 0.662. The summed E-state index contributed by atoms with van der Waals surface area (Å²) in [5.41, 5.74) is 4.70. The zero-order valence-corrected chi connectivity index (χ0v) is 16.6. The minimum absolute atomic E-state index is 0.259. The summed E-state index contributed by atoms with van der Waals surface area (Å²) >= 11 is 0. The Hall–Kier alpha value is -1.85. The molecule has 136 valence electrons. The van der Waals surface area contributed by atoms with Crippen LogP contribution in [0.25, 0.3) is 0 Å². The molecule has 0 saturated heterocycles. The number of methoxy groups -OCH3 is 1. The number of sulfonamides is 1. The van der Waals surface area contributed by atoms with E-state index in [9.17, 15) is 8.42 Å². The molecule has 0 heterocycles. The summed E-state index contributed by atoms with van der Waals surface area (Å²) in [6.07, 6.45) is 0.677. The van der Waals surface area contributed by atoms with Gasteiger partial charge in [-0.05, 0) is 74.1 Å². The van der Waals surface area contributed by atoms with Gasteiger partial charge in [0.25, 0.3) is 0 Å². The summed E-state index contributed by atoms with van der Waals surface area (Å²) < 4.78 is 34.1. The molecule has 2 aromatic rings. The van der Waals surface area contributed by atoms with Crippen LogP contribution in [0.5, 0.6) is 5.75 Å². The standard InChI is InChI=1S/C20H27NO3S/c1-7-19(17-9-8-13(2)14(3)10-17)21-25(22,23)20-15(4)11-18(24-6)12-16(20)5/h8-12,19,21H,7H2,1-6H3. The molecule has 1 unspecified atom stereocenters. The highest BCUT2D eigenvalue weighted by atomic mass is 32.2. The Morgan fingerprint density at radius 2 is 1.56 bits per heavy atom. The second kappa shape index (κ2) is 7.58. The van der Waals surface area contributed by atoms with Crippen molar-refractivity contribution in [2.24, 2.45) is 0 Å². The van der Waals surface area contributed by atoms with E-state index in [1.807, 2.05) is 32.9 Å². The second-order valence-electron chi connectivity index (χ2n) is 6.52. The minimum Gasteiger partial charge on any atom is -0.497 e. The minimum atomic E-state index is -3.63. The number of hydrogen-bond acceptors (Lipinski definition) is 3. The highest BCUT2D eigenvalue weighted by Gasteiger charge is 2.24. The van der Waals surface area contributed by atoms with Gasteiger partial charge in [0, 0.05) is 6.04 Å². The van der Waals surface area contributed by atoms with Gasteiger partial charge in [-0.3, -0.25) is 0 Å². The summed E-state index contributed by atoms with van der Waals surface area (Å²) in [7, 11) is -2.06. The van der Waals surface area contributed by atoms with Gasteiger partial charge in [0.05, 0.1) is 12.0 Å². The Morgan fingerprint density at radius 3 is 2.04 bits per heavy atom. The largest absolute Gasteiger partial charge is 0.497 e. The Balaban J connectivity index is 2.41. The van der Waals surface area contributed by atoms with Gasteiger partial charge in [-0.15, -0.1) is 0 Å². The van der Waals surface area contributed by atoms with Crippen LogP contribution in [0.2, 0.25) is 0 Å². The maximum absolute atomic E-state index is 13.0. The number of rotatable bonds is 6. The number of hydrogen-bond donors (Lipinski definition) is 1. The van der Waals surface area contributed by atoms with Gasteiger partial charge in [-0.1, -0.05) is 25.1 Å². The average molecular weight is 362 g/mol. The molecule has 0 saturated carbocycles. The predicted octanol–water partition coefficient (Wildman–Crippen LogP) is 4.36. The van der Waals surface area contributed by atoms with Gasteiger partial charge in [-0.2, -0.15) is 0 Å². The third kappa shape index (κ3) is 4.22. The summed E-state index contributed by atoms with van der Waals surface area (Å²) in [6.45, 7) is 9.66. The molecule has 0 aliphatic carbocycles. The lowest BCUT2D eigenvalue weighted by molar-refractivity contribution is 0.413. The fourth-order valence-electron chi connectivity index (χ4n) is 3.07. The normalized spacial score (nSPS) is 12.9. The van der Waals surface area contributed by atoms with Crippen LogP contribution in [-0.4, -0.2) is 15.5 Å². The monoisotopic (exact) mass is 361 g/mol. The van der Waals surface area contributed by atoms with E-state index in [0.29, 0.717) is 28.2 Å². The van der Waals surface area contributed by atoms with Gasteiger partial charge < -0.3 is 4.74 Å². The molecule has 0 spiro atoms. The van der Waals surface area contributed by atoms with Crippen molar-refractivity contribution in [3.05, 3.63) is 58.1 Å². The molecule has 1 atom stereocenters. The molecular weight excluding hydrogens is 334 g/mol. The topological polar surface area (TPSA) is 55.4 Å². The van der Waals surface area contributed by atoms with Crippen LogP contribution in [0.3, 0.4) is 0 Å². The fraction of sp³-hybridized carbons (Fsp3) is 0.400. The van der Waals surface area contributed by atoms with Crippen LogP contribution < -0.4 is 9.46 Å². The van der Waals surface area contributed by atoms with E-state index in [1.165, 1.54) is 5.56 Å². The highest BCUT2D eigenvalue weighted by molar-refractivity contribution is 7.89. The van der Waals surface area contributed by atoms with Crippen molar-refractivity contribution in [1.29, 1.82) is 0 Å². The highest BCUT2D eigenvalue weighted by Crippen LogP contribution is 2.28. The molecule has 4 nitrogen and oxygen atoms in total. The number of ether oxygens (including phenoxy) is 1. The van der Waals surface area contributed by atoms with Crippen LogP contribution >= 0.6 is 0 Å². The van der Waals surface area contributed by atoms with Crippen LogP contribution in [-0.2, 0) is 10.0 Å². The molecular formula is C20H27NO3S. The molecule has 0 radical (unpaired) electrons. The lowest BCUT2D eigenvalue weighted by atomic mass is 10.0. The van der Waals surface area contributed by atoms with Gasteiger partial charge >= 0.3 is 0 Å². The summed E-state index contributed by atoms with van der Waals surface area (Å²) in [5, 5.41) is 0. The van der Waals surface area contributed by atoms with E-state index in [1.54, 1.807) is 33.1 Å². The molecule has 1 N–H and O–H groups in total. The molecule has 0 aliphatic heterocycles. The van der Waals surface area contributed by atoms with Crippen molar-refractivity contribution in [3.8, 4) is 5.75 Å². The third-order valence-corrected chi connectivity index (χ3v) is 6.35. The van der Waals surface area contributed by atoms with E-state index in [0.717, 1.165) is 11.1 Å². The zero-order valence-electron chi connectivity index (χ0n) is 15.8. The van der Waals surface area contributed by atoms with Gasteiger partial charge in [0.1, 0.15) is 5.75 Å². The van der Waals surface area contributed by atoms with E-state index >= 15 is 0 Å². The van der Waals surface area contributed by atoms with Gasteiger partial charge in [0.15, 0.2) is 0 Å². The molecule has 25 heavy (non-hydrogen) atoms. The maximum atomic E-state index is 13.0. The predicted molar refractivity (Wildman–Crippen MR) is 102 cm³/mol. The third-order valence-electron chi connectivity index (χ3n) is 4.58. The van der Waals surface area contributed by atoms with Crippen LogP contribution in [0.1, 0.15) is 47.2 Å². The van der Waals surface area contributed by atoms with Crippen molar-refractivity contribution in [1.82, 2.24) is 4.72 Å². The molecule has 0 amide bonds. The Kier molecular flexibility index (Phi) is 5.91. The first-order valence-electron chi connectivity index (χ1n) is 8.44. The lowest BCUT2D eigenvalue weighted by Crippen LogP contribution is -2.29. The first-order valence-corrected chi connectivity index (χ1v) is 9.92. The zero-order chi connectivity index (χ0) is 18.8. The van der Waals surface area contributed by atoms with Crippen LogP contribution in [0.15, 0.2) is 35.2 Å². The van der Waals surface area contributed by atoms with E-state index < -0.39 is 10.0 Å². The molecule has 0 aromatic heterocycles. The smallest absolute Gasteiger partial charge is 0.241 e. The first kappa shape index (κ1) is 19.5.